The summed E-state index contributed by atoms with van der Waals surface area (Å²) < 4.78 is 5.78. The highest BCUT2D eigenvalue weighted by atomic mass is 35.5. The number of ether oxygens (including phenoxy) is 1. The summed E-state index contributed by atoms with van der Waals surface area (Å²) in [5.41, 5.74) is 4.86. The van der Waals surface area contributed by atoms with Gasteiger partial charge in [0.1, 0.15) is 5.75 Å². The Morgan fingerprint density at radius 3 is 2.33 bits per heavy atom. The van der Waals surface area contributed by atoms with E-state index in [1.54, 1.807) is 0 Å². The highest BCUT2D eigenvalue weighted by Gasteiger charge is 2.13. The Hall–Kier alpha value is -2.00. The molecule has 0 aliphatic rings. The first-order valence-corrected chi connectivity index (χ1v) is 8.46. The third-order valence-electron chi connectivity index (χ3n) is 4.02. The highest BCUT2D eigenvalue weighted by molar-refractivity contribution is 6.31. The molecule has 0 bridgehead atoms. The van der Waals surface area contributed by atoms with Gasteiger partial charge in [-0.3, -0.25) is 4.79 Å². The molecule has 0 radical (unpaired) electrons. The Kier molecular flexibility index (Phi) is 5.89. The Morgan fingerprint density at radius 1 is 1.12 bits per heavy atom. The monoisotopic (exact) mass is 345 g/mol. The number of carbonyl (C=O) groups excluding carboxylic acids is 1. The molecule has 0 aliphatic carbocycles. The molecule has 0 heterocycles. The van der Waals surface area contributed by atoms with Crippen LogP contribution in [0.25, 0.3) is 0 Å². The van der Waals surface area contributed by atoms with E-state index in [2.05, 4.69) is 19.2 Å². The second-order valence-electron chi connectivity index (χ2n) is 6.40. The summed E-state index contributed by atoms with van der Waals surface area (Å²) in [5, 5.41) is 3.65. The minimum atomic E-state index is -0.172. The third-order valence-corrected chi connectivity index (χ3v) is 4.42. The van der Waals surface area contributed by atoms with Crippen LogP contribution in [0.2, 0.25) is 5.02 Å². The smallest absolute Gasteiger partial charge is 0.262 e. The molecule has 0 saturated carbocycles. The number of carbonyl (C=O) groups is 1. The Bertz CT molecular complexity index is 733. The molecule has 0 spiro atoms. The predicted molar refractivity (Wildman–Crippen MR) is 100 cm³/mol. The first kappa shape index (κ1) is 18.3. The minimum absolute atomic E-state index is 0.0332. The van der Waals surface area contributed by atoms with Crippen LogP contribution in [0.1, 0.15) is 42.0 Å². The van der Waals surface area contributed by atoms with Gasteiger partial charge in [0.25, 0.3) is 5.91 Å². The molecule has 0 saturated heterocycles. The predicted octanol–water partition coefficient (Wildman–Crippen LogP) is 5.41. The molecule has 4 heteroatoms. The van der Waals surface area contributed by atoms with E-state index in [0.717, 1.165) is 27.9 Å². The Labute approximate surface area is 149 Å². The van der Waals surface area contributed by atoms with Crippen LogP contribution in [-0.2, 0) is 4.79 Å². The van der Waals surface area contributed by atoms with Crippen LogP contribution in [-0.4, -0.2) is 12.5 Å². The molecule has 0 aliphatic heterocycles. The van der Waals surface area contributed by atoms with Crippen LogP contribution in [0.15, 0.2) is 30.3 Å². The second-order valence-corrected chi connectivity index (χ2v) is 6.80. The van der Waals surface area contributed by atoms with E-state index in [9.17, 15) is 4.79 Å². The van der Waals surface area contributed by atoms with E-state index < -0.39 is 0 Å². The number of benzene rings is 2. The fraction of sp³-hybridized carbons (Fsp3) is 0.350. The lowest BCUT2D eigenvalue weighted by Gasteiger charge is -2.16. The molecule has 2 aromatic rings. The van der Waals surface area contributed by atoms with Gasteiger partial charge in [0.2, 0.25) is 0 Å². The quantitative estimate of drug-likeness (QED) is 0.787. The van der Waals surface area contributed by atoms with E-state index >= 15 is 0 Å². The second kappa shape index (κ2) is 7.71. The van der Waals surface area contributed by atoms with Crippen LogP contribution >= 0.6 is 11.6 Å². The molecule has 2 aromatic carbocycles. The lowest BCUT2D eigenvalue weighted by molar-refractivity contribution is -0.118. The van der Waals surface area contributed by atoms with Crippen molar-refractivity contribution in [3.8, 4) is 5.75 Å². The molecule has 0 fully saturated rings. The average molecular weight is 346 g/mol. The number of aryl methyl sites for hydroxylation is 3. The van der Waals surface area contributed by atoms with E-state index in [1.807, 2.05) is 51.1 Å². The van der Waals surface area contributed by atoms with Gasteiger partial charge in [-0.2, -0.15) is 0 Å². The van der Waals surface area contributed by atoms with Crippen molar-refractivity contribution < 1.29 is 9.53 Å². The summed E-state index contributed by atoms with van der Waals surface area (Å²) in [6.45, 7) is 9.99. The molecule has 128 valence electrons. The molecule has 2 rings (SSSR count). The minimum Gasteiger partial charge on any atom is -0.483 e. The fourth-order valence-electron chi connectivity index (χ4n) is 2.58. The molecule has 24 heavy (non-hydrogen) atoms. The lowest BCUT2D eigenvalue weighted by atomic mass is 10.0. The molecule has 0 aromatic heterocycles. The van der Waals surface area contributed by atoms with Crippen LogP contribution in [0.3, 0.4) is 0 Å². The Morgan fingerprint density at radius 2 is 1.75 bits per heavy atom. The SMILES string of the molecule is Cc1cc(OCC(=O)Nc2c(C)cccc2C)c(C(C)C)cc1Cl. The number of anilines is 1. The van der Waals surface area contributed by atoms with E-state index in [1.165, 1.54) is 0 Å². The number of hydrogen-bond acceptors (Lipinski definition) is 2. The van der Waals surface area contributed by atoms with Crippen molar-refractivity contribution in [2.45, 2.75) is 40.5 Å². The summed E-state index contributed by atoms with van der Waals surface area (Å²) in [5.74, 6) is 0.804. The summed E-state index contributed by atoms with van der Waals surface area (Å²) in [6, 6.07) is 9.73. The number of halogens is 1. The van der Waals surface area contributed by atoms with Gasteiger partial charge in [-0.05, 0) is 61.1 Å². The van der Waals surface area contributed by atoms with Crippen molar-refractivity contribution in [3.05, 3.63) is 57.6 Å². The van der Waals surface area contributed by atoms with Gasteiger partial charge in [0.15, 0.2) is 6.61 Å². The van der Waals surface area contributed by atoms with Crippen LogP contribution in [0.4, 0.5) is 5.69 Å². The third kappa shape index (κ3) is 4.30. The van der Waals surface area contributed by atoms with Crippen LogP contribution < -0.4 is 10.1 Å². The number of para-hydroxylation sites is 1. The Balaban J connectivity index is 2.11. The normalized spacial score (nSPS) is 10.8. The maximum atomic E-state index is 12.3. The number of nitrogens with one attached hydrogen (secondary N) is 1. The van der Waals surface area contributed by atoms with Crippen molar-refractivity contribution in [1.29, 1.82) is 0 Å². The molecule has 0 atom stereocenters. The number of hydrogen-bond donors (Lipinski definition) is 1. The maximum absolute atomic E-state index is 12.3. The van der Waals surface area contributed by atoms with Gasteiger partial charge in [-0.1, -0.05) is 43.6 Å². The average Bonchev–Trinajstić information content (AvgIpc) is 2.51. The van der Waals surface area contributed by atoms with Crippen molar-refractivity contribution >= 4 is 23.2 Å². The molecular weight excluding hydrogens is 322 g/mol. The molecule has 3 nitrogen and oxygen atoms in total. The number of amides is 1. The fourth-order valence-corrected chi connectivity index (χ4v) is 2.75. The lowest BCUT2D eigenvalue weighted by Crippen LogP contribution is -2.21. The summed E-state index contributed by atoms with van der Waals surface area (Å²) in [4.78, 5) is 12.3. The van der Waals surface area contributed by atoms with Crippen molar-refractivity contribution in [3.63, 3.8) is 0 Å². The molecule has 1 amide bonds. The first-order chi connectivity index (χ1) is 11.3. The van der Waals surface area contributed by atoms with Crippen LogP contribution in [0, 0.1) is 20.8 Å². The van der Waals surface area contributed by atoms with E-state index in [4.69, 9.17) is 16.3 Å². The topological polar surface area (TPSA) is 38.3 Å². The zero-order chi connectivity index (χ0) is 17.9. The van der Waals surface area contributed by atoms with Crippen LogP contribution in [0.5, 0.6) is 5.75 Å². The summed E-state index contributed by atoms with van der Waals surface area (Å²) in [7, 11) is 0. The van der Waals surface area contributed by atoms with Crippen molar-refractivity contribution in [1.82, 2.24) is 0 Å². The molecule has 1 N–H and O–H groups in total. The van der Waals surface area contributed by atoms with Crippen molar-refractivity contribution in [2.24, 2.45) is 0 Å². The van der Waals surface area contributed by atoms with Crippen molar-refractivity contribution in [2.75, 3.05) is 11.9 Å². The zero-order valence-corrected chi connectivity index (χ0v) is 15.6. The van der Waals surface area contributed by atoms with Gasteiger partial charge in [0.05, 0.1) is 0 Å². The van der Waals surface area contributed by atoms with Gasteiger partial charge < -0.3 is 10.1 Å². The summed E-state index contributed by atoms with van der Waals surface area (Å²) >= 11 is 6.20. The zero-order valence-electron chi connectivity index (χ0n) is 14.9. The maximum Gasteiger partial charge on any atom is 0.262 e. The summed E-state index contributed by atoms with van der Waals surface area (Å²) in [6.07, 6.45) is 0. The number of rotatable bonds is 5. The molecular formula is C20H24ClNO2. The largest absolute Gasteiger partial charge is 0.483 e. The van der Waals surface area contributed by atoms with Gasteiger partial charge in [-0.25, -0.2) is 0 Å². The van der Waals surface area contributed by atoms with E-state index in [-0.39, 0.29) is 18.4 Å². The standard InChI is InChI=1S/C20H24ClNO2/c1-12(2)16-10-17(21)15(5)9-18(16)24-11-19(23)22-20-13(3)7-6-8-14(20)4/h6-10,12H,11H2,1-5H3,(H,22,23). The van der Waals surface area contributed by atoms with E-state index in [0.29, 0.717) is 10.8 Å². The van der Waals surface area contributed by atoms with Gasteiger partial charge in [0, 0.05) is 10.7 Å². The highest BCUT2D eigenvalue weighted by Crippen LogP contribution is 2.32. The molecule has 0 unspecified atom stereocenters. The van der Waals surface area contributed by atoms with Gasteiger partial charge in [-0.15, -0.1) is 0 Å². The van der Waals surface area contributed by atoms with Gasteiger partial charge >= 0.3 is 0 Å². The first-order valence-electron chi connectivity index (χ1n) is 8.08.